The highest BCUT2D eigenvalue weighted by Crippen LogP contribution is 2.45. The summed E-state index contributed by atoms with van der Waals surface area (Å²) in [7, 11) is 3.11. The van der Waals surface area contributed by atoms with Crippen molar-refractivity contribution in [1.29, 1.82) is 0 Å². The second-order valence-electron chi connectivity index (χ2n) is 12.5. The summed E-state index contributed by atoms with van der Waals surface area (Å²) >= 11 is 0. The number of ether oxygens (including phenoxy) is 2. The van der Waals surface area contributed by atoms with Crippen LogP contribution in [-0.2, 0) is 28.0 Å². The number of fused-ring (bicyclic) bond motifs is 1. The Morgan fingerprint density at radius 2 is 1.90 bits per heavy atom. The first kappa shape index (κ1) is 30.7. The number of piperidine rings is 1. The van der Waals surface area contributed by atoms with E-state index >= 15 is 4.39 Å². The Labute approximate surface area is 250 Å². The Morgan fingerprint density at radius 1 is 1.12 bits per heavy atom. The third-order valence-corrected chi connectivity index (χ3v) is 9.92. The van der Waals surface area contributed by atoms with Gasteiger partial charge in [-0.1, -0.05) is 31.7 Å². The van der Waals surface area contributed by atoms with Crippen molar-refractivity contribution in [3.63, 3.8) is 0 Å². The molecule has 1 atom stereocenters. The number of halogens is 1. The van der Waals surface area contributed by atoms with Gasteiger partial charge in [-0.05, 0) is 113 Å². The third kappa shape index (κ3) is 6.91. The molecule has 42 heavy (non-hydrogen) atoms. The molecule has 0 bridgehead atoms. The molecule has 1 aromatic carbocycles. The molecule has 1 saturated heterocycles. The lowest BCUT2D eigenvalue weighted by molar-refractivity contribution is -0.140. The van der Waals surface area contributed by atoms with Crippen LogP contribution in [0.5, 0.6) is 5.75 Å². The van der Waals surface area contributed by atoms with E-state index in [0.717, 1.165) is 115 Å². The Kier molecular flexibility index (Phi) is 10.4. The minimum atomic E-state index is -0.913. The number of carbonyl (C=O) groups is 1. The van der Waals surface area contributed by atoms with Gasteiger partial charge >= 0.3 is 5.97 Å². The summed E-state index contributed by atoms with van der Waals surface area (Å²) in [4.78, 5) is 20.0. The van der Waals surface area contributed by atoms with E-state index in [1.54, 1.807) is 7.11 Å². The summed E-state index contributed by atoms with van der Waals surface area (Å²) in [5.74, 6) is -1.18. The maximum absolute atomic E-state index is 15.4. The van der Waals surface area contributed by atoms with Gasteiger partial charge in [0.15, 0.2) is 11.6 Å². The molecule has 230 valence electrons. The van der Waals surface area contributed by atoms with Crippen molar-refractivity contribution in [1.82, 2.24) is 9.88 Å². The first-order chi connectivity index (χ1) is 20.4. The summed E-state index contributed by atoms with van der Waals surface area (Å²) < 4.78 is 26.9. The molecule has 1 aromatic heterocycles. The molecule has 2 fully saturated rings. The number of pyridine rings is 1. The van der Waals surface area contributed by atoms with Gasteiger partial charge in [0, 0.05) is 24.9 Å². The van der Waals surface area contributed by atoms with Crippen LogP contribution < -0.4 is 10.1 Å². The number of aliphatic carboxylic acids is 1. The maximum atomic E-state index is 15.4. The number of unbranched alkanes of at least 4 members (excludes halogenated alkanes) is 2. The average Bonchev–Trinajstić information content (AvgIpc) is 3.01. The van der Waals surface area contributed by atoms with E-state index in [1.807, 2.05) is 6.07 Å². The molecule has 8 heteroatoms. The van der Waals surface area contributed by atoms with E-state index in [-0.39, 0.29) is 11.7 Å². The number of carboxylic acid groups (broad SMARTS) is 1. The lowest BCUT2D eigenvalue weighted by Crippen LogP contribution is -2.38. The summed E-state index contributed by atoms with van der Waals surface area (Å²) in [5.41, 5.74) is 3.12. The Morgan fingerprint density at radius 3 is 2.62 bits per heavy atom. The van der Waals surface area contributed by atoms with Crippen molar-refractivity contribution in [3.05, 3.63) is 52.5 Å². The van der Waals surface area contributed by atoms with Gasteiger partial charge in [0.1, 0.15) is 5.82 Å². The van der Waals surface area contributed by atoms with Crippen molar-refractivity contribution in [3.8, 4) is 5.75 Å². The van der Waals surface area contributed by atoms with Gasteiger partial charge in [0.25, 0.3) is 0 Å². The number of hydrogen-bond donors (Lipinski definition) is 2. The highest BCUT2D eigenvalue weighted by Gasteiger charge is 2.39. The Hall–Kier alpha value is -2.71. The van der Waals surface area contributed by atoms with Crippen molar-refractivity contribution in [2.45, 2.75) is 95.0 Å². The number of methoxy groups -OCH3 is 2. The highest BCUT2D eigenvalue weighted by atomic mass is 19.1. The fraction of sp³-hybridized carbons (Fsp3) is 0.647. The fourth-order valence-corrected chi connectivity index (χ4v) is 7.48. The molecule has 0 unspecified atom stereocenters. The van der Waals surface area contributed by atoms with Gasteiger partial charge in [-0.2, -0.15) is 0 Å². The molecule has 2 aromatic rings. The quantitative estimate of drug-likeness (QED) is 0.270. The summed E-state index contributed by atoms with van der Waals surface area (Å²) in [6, 6.07) is 7.77. The molecule has 0 spiro atoms. The number of nitrogens with one attached hydrogen (secondary N) is 1. The molecule has 3 aliphatic rings. The van der Waals surface area contributed by atoms with E-state index in [1.165, 1.54) is 30.9 Å². The zero-order valence-corrected chi connectivity index (χ0v) is 25.4. The van der Waals surface area contributed by atoms with Gasteiger partial charge in [-0.15, -0.1) is 0 Å². The minimum absolute atomic E-state index is 0.0554. The molecule has 7 nitrogen and oxygen atoms in total. The number of carboxylic acids is 1. The van der Waals surface area contributed by atoms with Crippen molar-refractivity contribution >= 4 is 11.8 Å². The number of benzene rings is 1. The zero-order chi connectivity index (χ0) is 29.5. The molecule has 0 radical (unpaired) electrons. The van der Waals surface area contributed by atoms with Gasteiger partial charge in [-0.3, -0.25) is 4.79 Å². The molecule has 5 rings (SSSR count). The number of likely N-dealkylation sites (tertiary alicyclic amines) is 1. The molecule has 0 amide bonds. The zero-order valence-electron chi connectivity index (χ0n) is 25.4. The Bertz CT molecular complexity index is 1210. The van der Waals surface area contributed by atoms with Crippen LogP contribution in [0.1, 0.15) is 98.9 Å². The predicted octanol–water partition coefficient (Wildman–Crippen LogP) is 6.69. The number of rotatable bonds is 12. The van der Waals surface area contributed by atoms with Crippen molar-refractivity contribution in [2.24, 2.45) is 5.92 Å². The van der Waals surface area contributed by atoms with Crippen LogP contribution in [0.15, 0.2) is 24.3 Å². The standard InChI is InChI=1S/C34H48FN3O4/c1-41-31-28(22-26(23-29(31)35)34(42-2)16-6-4-7-17-34)30(33(39)40)24-14-20-38(21-15-24)19-8-3-5-11-27-13-12-25-10-9-18-36-32(25)37-27/h12-13,22-24,30H,3-11,14-21H2,1-2H3,(H,36,37)(H,39,40)/t30-/m1/s1. The van der Waals surface area contributed by atoms with Crippen molar-refractivity contribution < 1.29 is 23.8 Å². The predicted molar refractivity (Wildman–Crippen MR) is 163 cm³/mol. The van der Waals surface area contributed by atoms with Gasteiger partial charge in [-0.25, -0.2) is 9.37 Å². The van der Waals surface area contributed by atoms with Crippen LogP contribution in [-0.4, -0.2) is 61.4 Å². The van der Waals surface area contributed by atoms with Gasteiger partial charge in [0.05, 0.1) is 18.6 Å². The molecule has 1 saturated carbocycles. The molecule has 1 aliphatic carbocycles. The second kappa shape index (κ2) is 14.2. The largest absolute Gasteiger partial charge is 0.493 e. The van der Waals surface area contributed by atoms with Crippen LogP contribution in [0.25, 0.3) is 0 Å². The lowest BCUT2D eigenvalue weighted by Gasteiger charge is -2.38. The minimum Gasteiger partial charge on any atom is -0.493 e. The lowest BCUT2D eigenvalue weighted by atomic mass is 9.75. The van der Waals surface area contributed by atoms with E-state index in [9.17, 15) is 9.90 Å². The normalized spacial score (nSPS) is 20.0. The first-order valence-corrected chi connectivity index (χ1v) is 16.0. The Balaban J connectivity index is 1.16. The monoisotopic (exact) mass is 581 g/mol. The fourth-order valence-electron chi connectivity index (χ4n) is 7.48. The first-order valence-electron chi connectivity index (χ1n) is 16.0. The summed E-state index contributed by atoms with van der Waals surface area (Å²) in [6.07, 6.45) is 13.0. The van der Waals surface area contributed by atoms with E-state index in [0.29, 0.717) is 5.56 Å². The highest BCUT2D eigenvalue weighted by molar-refractivity contribution is 5.78. The molecule has 3 heterocycles. The topological polar surface area (TPSA) is 83.9 Å². The van der Waals surface area contributed by atoms with Crippen LogP contribution in [0.4, 0.5) is 10.2 Å². The van der Waals surface area contributed by atoms with Crippen LogP contribution >= 0.6 is 0 Å². The van der Waals surface area contributed by atoms with E-state index < -0.39 is 23.3 Å². The summed E-state index contributed by atoms with van der Waals surface area (Å²) in [6.45, 7) is 3.75. The second-order valence-corrected chi connectivity index (χ2v) is 12.5. The smallest absolute Gasteiger partial charge is 0.311 e. The number of aryl methyl sites for hydroxylation is 2. The van der Waals surface area contributed by atoms with Gasteiger partial charge in [0.2, 0.25) is 0 Å². The number of nitrogens with zero attached hydrogens (tertiary/aromatic N) is 2. The molecular formula is C34H48FN3O4. The van der Waals surface area contributed by atoms with Gasteiger partial charge < -0.3 is 24.8 Å². The van der Waals surface area contributed by atoms with E-state index in [2.05, 4.69) is 22.3 Å². The molecule has 2 N–H and O–H groups in total. The SMILES string of the molecule is COc1c(F)cc(C2(OC)CCCCC2)cc1[C@H](C(=O)O)C1CCN(CCCCCc2ccc3c(n2)NCCC3)CC1. The van der Waals surface area contributed by atoms with Crippen LogP contribution in [0, 0.1) is 11.7 Å². The van der Waals surface area contributed by atoms with Crippen molar-refractivity contribution in [2.75, 3.05) is 45.7 Å². The number of hydrogen-bond acceptors (Lipinski definition) is 6. The molecule has 2 aliphatic heterocycles. The average molecular weight is 582 g/mol. The maximum Gasteiger partial charge on any atom is 0.311 e. The van der Waals surface area contributed by atoms with Crippen LogP contribution in [0.3, 0.4) is 0 Å². The summed E-state index contributed by atoms with van der Waals surface area (Å²) in [5, 5.41) is 13.8. The van der Waals surface area contributed by atoms with Crippen LogP contribution in [0.2, 0.25) is 0 Å². The van der Waals surface area contributed by atoms with E-state index in [4.69, 9.17) is 14.5 Å². The third-order valence-electron chi connectivity index (χ3n) is 9.92. The molecular weight excluding hydrogens is 533 g/mol. The number of anilines is 1. The number of aromatic nitrogens is 1.